The maximum atomic E-state index is 13.3. The molecule has 31 heavy (non-hydrogen) atoms. The van der Waals surface area contributed by atoms with Crippen LogP contribution in [0.3, 0.4) is 0 Å². The second-order valence-corrected chi connectivity index (χ2v) is 9.66. The van der Waals surface area contributed by atoms with Crippen molar-refractivity contribution in [3.8, 4) is 0 Å². The first-order valence-corrected chi connectivity index (χ1v) is 12.4. The van der Waals surface area contributed by atoms with E-state index in [-0.39, 0.29) is 23.6 Å². The molecule has 4 nitrogen and oxygen atoms in total. The number of hydrogen-bond donors (Lipinski definition) is 1. The van der Waals surface area contributed by atoms with Gasteiger partial charge in [-0.15, -0.1) is 11.8 Å². The summed E-state index contributed by atoms with van der Waals surface area (Å²) in [6.45, 7) is 2.24. The Morgan fingerprint density at radius 1 is 1.10 bits per heavy atom. The van der Waals surface area contributed by atoms with Gasteiger partial charge in [-0.3, -0.25) is 9.59 Å². The van der Waals surface area contributed by atoms with Crippen molar-refractivity contribution in [2.45, 2.75) is 62.6 Å². The highest BCUT2D eigenvalue weighted by molar-refractivity contribution is 8.00. The zero-order valence-corrected chi connectivity index (χ0v) is 20.0. The van der Waals surface area contributed by atoms with Gasteiger partial charge in [0, 0.05) is 27.5 Å². The first kappa shape index (κ1) is 24.0. The van der Waals surface area contributed by atoms with E-state index in [0.29, 0.717) is 23.0 Å². The molecule has 0 bridgehead atoms. The number of carbonyl (C=O) groups excluding carboxylic acids is 2. The molecule has 1 aliphatic rings. The quantitative estimate of drug-likeness (QED) is 0.452. The lowest BCUT2D eigenvalue weighted by atomic mass is 10.1. The van der Waals surface area contributed by atoms with Crippen molar-refractivity contribution >= 4 is 46.8 Å². The van der Waals surface area contributed by atoms with E-state index >= 15 is 0 Å². The maximum Gasteiger partial charge on any atom is 0.243 e. The Bertz CT molecular complexity index is 885. The number of carbonyl (C=O) groups is 2. The number of halogens is 2. The lowest BCUT2D eigenvalue weighted by molar-refractivity contribution is -0.139. The Labute approximate surface area is 198 Å². The molecule has 1 saturated carbocycles. The SMILES string of the molecule is CCC(C(=O)NC1CCCC1)N(Cc1ccccc1Cl)C(=O)CSc1ccc(Cl)cc1. The van der Waals surface area contributed by atoms with Crippen LogP contribution in [-0.4, -0.2) is 34.6 Å². The number of thioether (sulfide) groups is 1. The third-order valence-corrected chi connectivity index (χ3v) is 7.18. The number of nitrogens with one attached hydrogen (secondary N) is 1. The van der Waals surface area contributed by atoms with Crippen LogP contribution in [0.25, 0.3) is 0 Å². The maximum absolute atomic E-state index is 13.3. The smallest absolute Gasteiger partial charge is 0.243 e. The molecule has 166 valence electrons. The van der Waals surface area contributed by atoms with Crippen molar-refractivity contribution < 1.29 is 9.59 Å². The summed E-state index contributed by atoms with van der Waals surface area (Å²) in [5.41, 5.74) is 0.834. The second kappa shape index (κ2) is 11.8. The highest BCUT2D eigenvalue weighted by Gasteiger charge is 2.30. The molecule has 1 fully saturated rings. The largest absolute Gasteiger partial charge is 0.352 e. The zero-order chi connectivity index (χ0) is 22.2. The van der Waals surface area contributed by atoms with Crippen molar-refractivity contribution in [1.29, 1.82) is 0 Å². The highest BCUT2D eigenvalue weighted by Crippen LogP contribution is 2.24. The van der Waals surface area contributed by atoms with Gasteiger partial charge in [-0.2, -0.15) is 0 Å². The molecule has 0 saturated heterocycles. The summed E-state index contributed by atoms with van der Waals surface area (Å²) in [6, 6.07) is 14.5. The molecular weight excluding hydrogens is 451 g/mol. The van der Waals surface area contributed by atoms with E-state index in [4.69, 9.17) is 23.2 Å². The molecule has 2 amide bonds. The summed E-state index contributed by atoms with van der Waals surface area (Å²) in [4.78, 5) is 29.0. The Hall–Kier alpha value is -1.69. The van der Waals surface area contributed by atoms with E-state index in [9.17, 15) is 9.59 Å². The molecule has 2 aromatic rings. The fraction of sp³-hybridized carbons (Fsp3) is 0.417. The van der Waals surface area contributed by atoms with E-state index in [1.165, 1.54) is 11.8 Å². The first-order valence-electron chi connectivity index (χ1n) is 10.7. The normalized spacial score (nSPS) is 14.9. The minimum atomic E-state index is -0.532. The molecule has 0 aliphatic heterocycles. The van der Waals surface area contributed by atoms with Crippen LogP contribution in [0, 0.1) is 0 Å². The molecule has 7 heteroatoms. The van der Waals surface area contributed by atoms with Crippen molar-refractivity contribution in [3.05, 3.63) is 64.1 Å². The Morgan fingerprint density at radius 3 is 2.42 bits per heavy atom. The van der Waals surface area contributed by atoms with Gasteiger partial charge in [-0.25, -0.2) is 0 Å². The van der Waals surface area contributed by atoms with Crippen LogP contribution in [0.2, 0.25) is 10.0 Å². The van der Waals surface area contributed by atoms with Crippen LogP contribution in [0.15, 0.2) is 53.4 Å². The molecule has 2 aromatic carbocycles. The standard InChI is InChI=1S/C24H28Cl2N2O2S/c1-2-22(24(30)27-19-8-4-5-9-19)28(15-17-7-3-6-10-21(17)26)23(29)16-31-20-13-11-18(25)12-14-20/h3,6-7,10-14,19,22H,2,4-5,8-9,15-16H2,1H3,(H,27,30). The topological polar surface area (TPSA) is 49.4 Å². The minimum Gasteiger partial charge on any atom is -0.352 e. The van der Waals surface area contributed by atoms with Crippen molar-refractivity contribution in [1.82, 2.24) is 10.2 Å². The number of hydrogen-bond acceptors (Lipinski definition) is 3. The van der Waals surface area contributed by atoms with Gasteiger partial charge in [0.2, 0.25) is 11.8 Å². The van der Waals surface area contributed by atoms with E-state index in [1.54, 1.807) is 17.0 Å². The van der Waals surface area contributed by atoms with Crippen molar-refractivity contribution in [2.75, 3.05) is 5.75 Å². The summed E-state index contributed by atoms with van der Waals surface area (Å²) >= 11 is 13.8. The summed E-state index contributed by atoms with van der Waals surface area (Å²) < 4.78 is 0. The third-order valence-electron chi connectivity index (χ3n) is 5.56. The Balaban J connectivity index is 1.76. The van der Waals surface area contributed by atoms with Gasteiger partial charge >= 0.3 is 0 Å². The number of nitrogens with zero attached hydrogens (tertiary/aromatic N) is 1. The molecule has 0 spiro atoms. The molecule has 0 aromatic heterocycles. The van der Waals surface area contributed by atoms with Crippen LogP contribution in [-0.2, 0) is 16.1 Å². The third kappa shape index (κ3) is 6.90. The van der Waals surface area contributed by atoms with Gasteiger partial charge in [0.1, 0.15) is 6.04 Å². The highest BCUT2D eigenvalue weighted by atomic mass is 35.5. The van der Waals surface area contributed by atoms with Gasteiger partial charge in [-0.1, -0.05) is 61.2 Å². The Kier molecular flexibility index (Phi) is 9.12. The fourth-order valence-electron chi connectivity index (χ4n) is 3.86. The molecule has 3 rings (SSSR count). The lowest BCUT2D eigenvalue weighted by Gasteiger charge is -2.31. The van der Waals surface area contributed by atoms with E-state index in [1.807, 2.05) is 43.3 Å². The zero-order valence-electron chi connectivity index (χ0n) is 17.7. The average Bonchev–Trinajstić information content (AvgIpc) is 3.27. The summed E-state index contributed by atoms with van der Waals surface area (Å²) in [5.74, 6) is 0.0684. The van der Waals surface area contributed by atoms with Crippen molar-refractivity contribution in [3.63, 3.8) is 0 Å². The molecule has 0 heterocycles. The number of amides is 2. The van der Waals surface area contributed by atoms with Crippen molar-refractivity contribution in [2.24, 2.45) is 0 Å². The van der Waals surface area contributed by atoms with Gasteiger partial charge in [0.25, 0.3) is 0 Å². The molecule has 1 unspecified atom stereocenters. The van der Waals surface area contributed by atoms with Crippen LogP contribution in [0.5, 0.6) is 0 Å². The van der Waals surface area contributed by atoms with E-state index in [2.05, 4.69) is 5.32 Å². The van der Waals surface area contributed by atoms with Crippen LogP contribution < -0.4 is 5.32 Å². The Morgan fingerprint density at radius 2 is 1.77 bits per heavy atom. The fourth-order valence-corrected chi connectivity index (χ4v) is 4.96. The van der Waals surface area contributed by atoms with Crippen LogP contribution in [0.1, 0.15) is 44.6 Å². The summed E-state index contributed by atoms with van der Waals surface area (Å²) in [7, 11) is 0. The predicted molar refractivity (Wildman–Crippen MR) is 129 cm³/mol. The van der Waals surface area contributed by atoms with Crippen LogP contribution >= 0.6 is 35.0 Å². The molecule has 0 radical (unpaired) electrons. The second-order valence-electron chi connectivity index (χ2n) is 7.77. The van der Waals surface area contributed by atoms with Gasteiger partial charge in [0.15, 0.2) is 0 Å². The minimum absolute atomic E-state index is 0.0775. The van der Waals surface area contributed by atoms with Crippen LogP contribution in [0.4, 0.5) is 0 Å². The summed E-state index contributed by atoms with van der Waals surface area (Å²) in [6.07, 6.45) is 4.84. The molecular formula is C24H28Cl2N2O2S. The molecule has 1 N–H and O–H groups in total. The number of benzene rings is 2. The molecule has 1 atom stereocenters. The van der Waals surface area contributed by atoms with E-state index in [0.717, 1.165) is 36.1 Å². The van der Waals surface area contributed by atoms with Gasteiger partial charge in [0.05, 0.1) is 5.75 Å². The lowest BCUT2D eigenvalue weighted by Crippen LogP contribution is -2.51. The first-order chi connectivity index (χ1) is 15.0. The monoisotopic (exact) mass is 478 g/mol. The molecule has 1 aliphatic carbocycles. The predicted octanol–water partition coefficient (Wildman–Crippen LogP) is 5.95. The van der Waals surface area contributed by atoms with Gasteiger partial charge < -0.3 is 10.2 Å². The average molecular weight is 479 g/mol. The number of rotatable bonds is 9. The van der Waals surface area contributed by atoms with Gasteiger partial charge in [-0.05, 0) is 55.2 Å². The van der Waals surface area contributed by atoms with E-state index < -0.39 is 6.04 Å². The summed E-state index contributed by atoms with van der Waals surface area (Å²) in [5, 5.41) is 4.41.